The number of rotatable bonds is 11. The van der Waals surface area contributed by atoms with E-state index >= 15 is 0 Å². The Bertz CT molecular complexity index is 1600. The summed E-state index contributed by atoms with van der Waals surface area (Å²) in [5, 5.41) is 11.8. The van der Waals surface area contributed by atoms with Gasteiger partial charge in [0.2, 0.25) is 0 Å². The number of hydrogen-bond acceptors (Lipinski definition) is 7. The number of amides is 1. The summed E-state index contributed by atoms with van der Waals surface area (Å²) < 4.78 is 17.0. The Morgan fingerprint density at radius 3 is 2.58 bits per heavy atom. The molecule has 0 saturated heterocycles. The second-order valence-corrected chi connectivity index (χ2v) is 10.8. The molecule has 13 heteroatoms. The highest BCUT2D eigenvalue weighted by atomic mass is 35.5. The van der Waals surface area contributed by atoms with E-state index in [9.17, 15) is 9.59 Å². The second-order valence-electron chi connectivity index (χ2n) is 9.13. The number of ether oxygens (including phenoxy) is 3. The van der Waals surface area contributed by atoms with Crippen molar-refractivity contribution in [2.24, 2.45) is 5.10 Å². The maximum atomic E-state index is 12.7. The number of para-hydroxylation sites is 1. The molecule has 9 nitrogen and oxygen atoms in total. The number of carbonyl (C=O) groups is 2. The summed E-state index contributed by atoms with van der Waals surface area (Å²) in [7, 11) is 0. The lowest BCUT2D eigenvalue weighted by Crippen LogP contribution is -2.45. The highest BCUT2D eigenvalue weighted by molar-refractivity contribution is 7.80. The molecule has 3 aromatic rings. The molecule has 0 unspecified atom stereocenters. The second kappa shape index (κ2) is 15.1. The average Bonchev–Trinajstić information content (AvgIpc) is 2.97. The highest BCUT2D eigenvalue weighted by Gasteiger charge is 2.32. The van der Waals surface area contributed by atoms with Crippen molar-refractivity contribution in [3.63, 3.8) is 0 Å². The van der Waals surface area contributed by atoms with Gasteiger partial charge in [0.1, 0.15) is 18.1 Å². The first-order valence-corrected chi connectivity index (χ1v) is 14.6. The minimum Gasteiger partial charge on any atom is -0.488 e. The fourth-order valence-electron chi connectivity index (χ4n) is 4.15. The predicted molar refractivity (Wildman–Crippen MR) is 171 cm³/mol. The van der Waals surface area contributed by atoms with E-state index < -0.39 is 17.9 Å². The van der Waals surface area contributed by atoms with Crippen LogP contribution in [0, 0.1) is 0 Å². The van der Waals surface area contributed by atoms with Gasteiger partial charge >= 0.3 is 5.97 Å². The first-order valence-electron chi connectivity index (χ1n) is 13.0. The molecule has 0 aromatic heterocycles. The van der Waals surface area contributed by atoms with Gasteiger partial charge in [-0.3, -0.25) is 4.79 Å². The summed E-state index contributed by atoms with van der Waals surface area (Å²) in [6.45, 7) is 3.56. The van der Waals surface area contributed by atoms with E-state index in [1.807, 2.05) is 0 Å². The molecule has 0 fully saturated rings. The third kappa shape index (κ3) is 8.61. The number of nitrogens with one attached hydrogen (secondary N) is 3. The highest BCUT2D eigenvalue weighted by Crippen LogP contribution is 2.33. The van der Waals surface area contributed by atoms with Crippen LogP contribution in [0.3, 0.4) is 0 Å². The molecule has 1 amide bonds. The van der Waals surface area contributed by atoms with Gasteiger partial charge in [-0.25, -0.2) is 10.2 Å². The summed E-state index contributed by atoms with van der Waals surface area (Å²) >= 11 is 23.6. The van der Waals surface area contributed by atoms with Crippen LogP contribution in [-0.4, -0.2) is 36.4 Å². The van der Waals surface area contributed by atoms with Crippen LogP contribution in [0.25, 0.3) is 0 Å². The van der Waals surface area contributed by atoms with Gasteiger partial charge in [0, 0.05) is 21.8 Å². The van der Waals surface area contributed by atoms with Gasteiger partial charge in [0.05, 0.1) is 34.5 Å². The van der Waals surface area contributed by atoms with Crippen molar-refractivity contribution in [2.45, 2.75) is 26.5 Å². The maximum Gasteiger partial charge on any atom is 0.338 e. The first kappa shape index (κ1) is 32.1. The quantitative estimate of drug-likeness (QED) is 0.0978. The van der Waals surface area contributed by atoms with E-state index in [0.717, 1.165) is 5.56 Å². The van der Waals surface area contributed by atoms with Crippen LogP contribution in [0.15, 0.2) is 77.0 Å². The number of halogens is 3. The molecule has 0 aliphatic carbocycles. The summed E-state index contributed by atoms with van der Waals surface area (Å²) in [5.74, 6) is -0.133. The van der Waals surface area contributed by atoms with E-state index in [4.69, 9.17) is 61.2 Å². The van der Waals surface area contributed by atoms with Crippen molar-refractivity contribution in [1.29, 1.82) is 0 Å². The SMILES string of the molecule is CCOC(=O)C1=C(C)NC(=S)N[C@H]1c1ccccc1OCC(=O)NN=Cc1cc(Cl)ccc1OCc1ccc(Cl)c(Cl)c1. The van der Waals surface area contributed by atoms with Gasteiger partial charge in [-0.05, 0) is 68.0 Å². The van der Waals surface area contributed by atoms with Crippen molar-refractivity contribution in [3.8, 4) is 11.5 Å². The third-order valence-corrected chi connectivity index (χ3v) is 7.29. The molecule has 3 aromatic carbocycles. The zero-order valence-electron chi connectivity index (χ0n) is 23.1. The Morgan fingerprint density at radius 2 is 1.81 bits per heavy atom. The van der Waals surface area contributed by atoms with Gasteiger partial charge in [-0.2, -0.15) is 5.10 Å². The van der Waals surface area contributed by atoms with E-state index in [2.05, 4.69) is 21.2 Å². The Labute approximate surface area is 269 Å². The molecule has 1 aliphatic rings. The molecule has 224 valence electrons. The first-order chi connectivity index (χ1) is 20.7. The van der Waals surface area contributed by atoms with Crippen LogP contribution >= 0.6 is 47.0 Å². The molecule has 4 rings (SSSR count). The van der Waals surface area contributed by atoms with Crippen LogP contribution in [-0.2, 0) is 20.9 Å². The summed E-state index contributed by atoms with van der Waals surface area (Å²) in [6, 6.07) is 16.6. The molecule has 1 atom stereocenters. The summed E-state index contributed by atoms with van der Waals surface area (Å²) in [4.78, 5) is 25.4. The lowest BCUT2D eigenvalue weighted by Gasteiger charge is -2.30. The van der Waals surface area contributed by atoms with Gasteiger partial charge in [-0.1, -0.05) is 59.1 Å². The monoisotopic (exact) mass is 660 g/mol. The fraction of sp³-hybridized carbons (Fsp3) is 0.200. The molecule has 0 radical (unpaired) electrons. The van der Waals surface area contributed by atoms with Gasteiger partial charge in [0.15, 0.2) is 11.7 Å². The molecular weight excluding hydrogens is 635 g/mol. The van der Waals surface area contributed by atoms with Gasteiger partial charge in [0.25, 0.3) is 5.91 Å². The molecule has 0 saturated carbocycles. The predicted octanol–water partition coefficient (Wildman–Crippen LogP) is 6.11. The third-order valence-electron chi connectivity index (χ3n) is 6.10. The number of esters is 1. The number of nitrogens with zero attached hydrogens (tertiary/aromatic N) is 1. The number of allylic oxidation sites excluding steroid dienone is 1. The topological polar surface area (TPSA) is 110 Å². The van der Waals surface area contributed by atoms with Gasteiger partial charge < -0.3 is 24.8 Å². The normalized spacial score (nSPS) is 14.6. The van der Waals surface area contributed by atoms with Crippen molar-refractivity contribution in [3.05, 3.63) is 104 Å². The van der Waals surface area contributed by atoms with Crippen molar-refractivity contribution in [2.75, 3.05) is 13.2 Å². The van der Waals surface area contributed by atoms with Crippen molar-refractivity contribution < 1.29 is 23.8 Å². The number of benzene rings is 3. The number of hydrogen-bond donors (Lipinski definition) is 3. The lowest BCUT2D eigenvalue weighted by molar-refractivity contribution is -0.139. The van der Waals surface area contributed by atoms with E-state index in [1.54, 1.807) is 74.5 Å². The van der Waals surface area contributed by atoms with Crippen molar-refractivity contribution >= 4 is 70.2 Å². The molecule has 43 heavy (non-hydrogen) atoms. The van der Waals surface area contributed by atoms with Crippen LogP contribution < -0.4 is 25.5 Å². The number of carbonyl (C=O) groups excluding carboxylic acids is 2. The van der Waals surface area contributed by atoms with Crippen LogP contribution in [0.2, 0.25) is 15.1 Å². The van der Waals surface area contributed by atoms with E-state index in [-0.39, 0.29) is 19.8 Å². The minimum atomic E-state index is -0.643. The summed E-state index contributed by atoms with van der Waals surface area (Å²) in [6.07, 6.45) is 1.42. The van der Waals surface area contributed by atoms with Crippen molar-refractivity contribution in [1.82, 2.24) is 16.1 Å². The van der Waals surface area contributed by atoms with E-state index in [0.29, 0.717) is 54.1 Å². The molecule has 0 bridgehead atoms. The standard InChI is InChI=1S/C30H27Cl3N4O5S/c1-3-40-29(39)27-17(2)35-30(43)36-28(27)21-6-4-5-7-25(21)42-16-26(38)37-34-14-19-13-20(31)9-11-24(19)41-15-18-8-10-22(32)23(33)12-18/h4-14,28H,3,15-16H2,1-2H3,(H,37,38)(H2,35,36,43)/t28-/m0/s1. The zero-order chi connectivity index (χ0) is 30.9. The molecule has 1 aliphatic heterocycles. The average molecular weight is 662 g/mol. The molecule has 1 heterocycles. The Balaban J connectivity index is 1.41. The fourth-order valence-corrected chi connectivity index (χ4v) is 4.92. The number of thiocarbonyl (C=S) groups is 1. The summed E-state index contributed by atoms with van der Waals surface area (Å²) in [5.41, 5.74) is 5.33. The Hall–Kier alpha value is -3.83. The Kier molecular flexibility index (Phi) is 11.2. The molecule has 3 N–H and O–H groups in total. The smallest absolute Gasteiger partial charge is 0.338 e. The van der Waals surface area contributed by atoms with Gasteiger partial charge in [-0.15, -0.1) is 0 Å². The van der Waals surface area contributed by atoms with Crippen LogP contribution in [0.5, 0.6) is 11.5 Å². The minimum absolute atomic E-state index is 0.214. The number of hydrazone groups is 1. The molecule has 0 spiro atoms. The lowest BCUT2D eigenvalue weighted by atomic mass is 9.95. The maximum absolute atomic E-state index is 12.7. The largest absolute Gasteiger partial charge is 0.488 e. The zero-order valence-corrected chi connectivity index (χ0v) is 26.2. The van der Waals surface area contributed by atoms with Crippen LogP contribution in [0.1, 0.15) is 36.6 Å². The van der Waals surface area contributed by atoms with E-state index in [1.165, 1.54) is 6.21 Å². The molecular formula is C30H27Cl3N4O5S. The van der Waals surface area contributed by atoms with Crippen LogP contribution in [0.4, 0.5) is 0 Å². The Morgan fingerprint density at radius 1 is 1.02 bits per heavy atom.